The molecule has 0 radical (unpaired) electrons. The Labute approximate surface area is 91.3 Å². The summed E-state index contributed by atoms with van der Waals surface area (Å²) in [5.74, 6) is 1.49. The van der Waals surface area contributed by atoms with Gasteiger partial charge in [0.25, 0.3) is 0 Å². The van der Waals surface area contributed by atoms with Crippen molar-refractivity contribution >= 4 is 17.5 Å². The molecule has 2 heteroatoms. The predicted octanol–water partition coefficient (Wildman–Crippen LogP) is 3.59. The van der Waals surface area contributed by atoms with Crippen LogP contribution in [0.15, 0.2) is 12.2 Å². The van der Waals surface area contributed by atoms with E-state index in [4.69, 9.17) is 0 Å². The normalized spacial score (nSPS) is 21.5. The van der Waals surface area contributed by atoms with Crippen LogP contribution in [0.25, 0.3) is 0 Å². The molecule has 0 saturated carbocycles. The largest absolute Gasteiger partial charge is 0.294 e. The Balaban J connectivity index is 2.06. The van der Waals surface area contributed by atoms with Crippen molar-refractivity contribution in [1.29, 1.82) is 0 Å². The number of ketones is 1. The number of hydrogen-bond donors (Lipinski definition) is 0. The van der Waals surface area contributed by atoms with Gasteiger partial charge in [0.2, 0.25) is 0 Å². The minimum atomic E-state index is 0.265. The molecular formula is C12H20OS. The molecule has 0 amide bonds. The lowest BCUT2D eigenvalue weighted by Gasteiger charge is -2.15. The fourth-order valence-electron chi connectivity index (χ4n) is 1.62. The van der Waals surface area contributed by atoms with Gasteiger partial charge in [0.15, 0.2) is 5.78 Å². The highest BCUT2D eigenvalue weighted by Crippen LogP contribution is 2.23. The molecule has 1 aliphatic rings. The van der Waals surface area contributed by atoms with Crippen molar-refractivity contribution in [2.75, 3.05) is 5.75 Å². The van der Waals surface area contributed by atoms with E-state index in [1.54, 1.807) is 6.08 Å². The van der Waals surface area contributed by atoms with Crippen molar-refractivity contribution in [2.45, 2.75) is 50.7 Å². The molecule has 1 atom stereocenters. The molecule has 0 heterocycles. The van der Waals surface area contributed by atoms with E-state index in [-0.39, 0.29) is 5.25 Å². The van der Waals surface area contributed by atoms with E-state index < -0.39 is 0 Å². The lowest BCUT2D eigenvalue weighted by atomic mass is 10.1. The number of rotatable bonds is 6. The third-order valence-electron chi connectivity index (χ3n) is 2.51. The molecule has 0 N–H and O–H groups in total. The van der Waals surface area contributed by atoms with Gasteiger partial charge in [-0.25, -0.2) is 0 Å². The maximum Gasteiger partial charge on any atom is 0.168 e. The second-order valence-corrected chi connectivity index (χ2v) is 5.11. The molecule has 1 unspecified atom stereocenters. The standard InChI is InChI=1S/C12H20OS/c1-2-3-4-7-10-14-12-9-6-5-8-11(12)13/h5,8,12H,2-4,6-7,9-10H2,1H3. The monoisotopic (exact) mass is 212 g/mol. The Hall–Kier alpha value is -0.240. The van der Waals surface area contributed by atoms with E-state index >= 15 is 0 Å². The first-order valence-corrected chi connectivity index (χ1v) is 6.71. The smallest absolute Gasteiger partial charge is 0.168 e. The summed E-state index contributed by atoms with van der Waals surface area (Å²) in [6.07, 6.45) is 11.1. The predicted molar refractivity (Wildman–Crippen MR) is 63.8 cm³/mol. The SMILES string of the molecule is CCCCCCSC1CCC=CC1=O. The average molecular weight is 212 g/mol. The first-order chi connectivity index (χ1) is 6.84. The molecule has 80 valence electrons. The number of carbonyl (C=O) groups is 1. The lowest BCUT2D eigenvalue weighted by molar-refractivity contribution is -0.114. The highest BCUT2D eigenvalue weighted by Gasteiger charge is 2.17. The van der Waals surface area contributed by atoms with Crippen LogP contribution in [0.4, 0.5) is 0 Å². The van der Waals surface area contributed by atoms with Crippen LogP contribution in [-0.4, -0.2) is 16.8 Å². The molecule has 1 rings (SSSR count). The van der Waals surface area contributed by atoms with Crippen molar-refractivity contribution in [2.24, 2.45) is 0 Å². The molecule has 0 spiro atoms. The maximum absolute atomic E-state index is 11.4. The molecule has 0 saturated heterocycles. The zero-order valence-corrected chi connectivity index (χ0v) is 9.81. The van der Waals surface area contributed by atoms with Crippen LogP contribution < -0.4 is 0 Å². The molecule has 0 aromatic carbocycles. The third-order valence-corrected chi connectivity index (χ3v) is 3.91. The van der Waals surface area contributed by atoms with Gasteiger partial charge in [-0.15, -0.1) is 0 Å². The number of unbranched alkanes of at least 4 members (excludes halogenated alkanes) is 3. The fraction of sp³-hybridized carbons (Fsp3) is 0.750. The van der Waals surface area contributed by atoms with Gasteiger partial charge in [0.05, 0.1) is 5.25 Å². The Morgan fingerprint density at radius 3 is 3.00 bits per heavy atom. The van der Waals surface area contributed by atoms with E-state index in [0.717, 1.165) is 18.6 Å². The molecule has 0 aliphatic heterocycles. The zero-order chi connectivity index (χ0) is 10.2. The van der Waals surface area contributed by atoms with Gasteiger partial charge in [-0.1, -0.05) is 32.3 Å². The summed E-state index contributed by atoms with van der Waals surface area (Å²) >= 11 is 1.86. The van der Waals surface area contributed by atoms with Gasteiger partial charge in [0.1, 0.15) is 0 Å². The van der Waals surface area contributed by atoms with Crippen molar-refractivity contribution in [3.8, 4) is 0 Å². The van der Waals surface area contributed by atoms with Gasteiger partial charge in [-0.2, -0.15) is 11.8 Å². The minimum absolute atomic E-state index is 0.265. The Bertz CT molecular complexity index is 198. The summed E-state index contributed by atoms with van der Waals surface area (Å²) in [6, 6.07) is 0. The molecule has 0 aromatic rings. The summed E-state index contributed by atoms with van der Waals surface area (Å²) in [4.78, 5) is 11.4. The van der Waals surface area contributed by atoms with Gasteiger partial charge in [0, 0.05) is 0 Å². The average Bonchev–Trinajstić information content (AvgIpc) is 2.20. The summed E-state index contributed by atoms with van der Waals surface area (Å²) in [7, 11) is 0. The van der Waals surface area contributed by atoms with Gasteiger partial charge >= 0.3 is 0 Å². The molecule has 14 heavy (non-hydrogen) atoms. The highest BCUT2D eigenvalue weighted by molar-refractivity contribution is 8.00. The van der Waals surface area contributed by atoms with Crippen LogP contribution in [0.5, 0.6) is 0 Å². The maximum atomic E-state index is 11.4. The summed E-state index contributed by atoms with van der Waals surface area (Å²) in [5, 5.41) is 0.265. The van der Waals surface area contributed by atoms with Crippen LogP contribution in [0, 0.1) is 0 Å². The van der Waals surface area contributed by atoms with E-state index in [2.05, 4.69) is 6.92 Å². The van der Waals surface area contributed by atoms with Gasteiger partial charge in [-0.05, 0) is 31.1 Å². The van der Waals surface area contributed by atoms with Crippen molar-refractivity contribution in [3.05, 3.63) is 12.2 Å². The number of carbonyl (C=O) groups excluding carboxylic acids is 1. The number of thioether (sulfide) groups is 1. The van der Waals surface area contributed by atoms with E-state index in [9.17, 15) is 4.79 Å². The molecule has 1 aliphatic carbocycles. The van der Waals surface area contributed by atoms with Crippen LogP contribution >= 0.6 is 11.8 Å². The van der Waals surface area contributed by atoms with Gasteiger partial charge in [-0.3, -0.25) is 4.79 Å². The number of allylic oxidation sites excluding steroid dienone is 2. The second-order valence-electron chi connectivity index (χ2n) is 3.80. The molecule has 1 nitrogen and oxygen atoms in total. The summed E-state index contributed by atoms with van der Waals surface area (Å²) in [6.45, 7) is 2.22. The zero-order valence-electron chi connectivity index (χ0n) is 9.00. The Morgan fingerprint density at radius 2 is 2.29 bits per heavy atom. The topological polar surface area (TPSA) is 17.1 Å². The second kappa shape index (κ2) is 7.10. The van der Waals surface area contributed by atoms with Crippen molar-refractivity contribution in [3.63, 3.8) is 0 Å². The molecule has 0 aromatic heterocycles. The van der Waals surface area contributed by atoms with E-state index in [1.807, 2.05) is 17.8 Å². The van der Waals surface area contributed by atoms with E-state index in [0.29, 0.717) is 5.78 Å². The number of hydrogen-bond acceptors (Lipinski definition) is 2. The first-order valence-electron chi connectivity index (χ1n) is 5.66. The van der Waals surface area contributed by atoms with Crippen LogP contribution in [-0.2, 0) is 4.79 Å². The lowest BCUT2D eigenvalue weighted by Crippen LogP contribution is -2.18. The minimum Gasteiger partial charge on any atom is -0.294 e. The third kappa shape index (κ3) is 4.32. The fourth-order valence-corrected chi connectivity index (χ4v) is 2.82. The van der Waals surface area contributed by atoms with Crippen LogP contribution in [0.3, 0.4) is 0 Å². The van der Waals surface area contributed by atoms with Gasteiger partial charge < -0.3 is 0 Å². The molecule has 0 bridgehead atoms. The first kappa shape index (κ1) is 11.8. The van der Waals surface area contributed by atoms with Crippen molar-refractivity contribution < 1.29 is 4.79 Å². The Kier molecular flexibility index (Phi) is 6.00. The molecular weight excluding hydrogens is 192 g/mol. The van der Waals surface area contributed by atoms with Crippen molar-refractivity contribution in [1.82, 2.24) is 0 Å². The molecule has 0 fully saturated rings. The summed E-state index contributed by atoms with van der Waals surface area (Å²) < 4.78 is 0. The van der Waals surface area contributed by atoms with E-state index in [1.165, 1.54) is 25.7 Å². The quantitative estimate of drug-likeness (QED) is 0.626. The highest BCUT2D eigenvalue weighted by atomic mass is 32.2. The van der Waals surface area contributed by atoms with Crippen LogP contribution in [0.2, 0.25) is 0 Å². The van der Waals surface area contributed by atoms with Crippen LogP contribution in [0.1, 0.15) is 45.4 Å². The Morgan fingerprint density at radius 1 is 1.43 bits per heavy atom. The summed E-state index contributed by atoms with van der Waals surface area (Å²) in [5.41, 5.74) is 0.